The minimum atomic E-state index is -0.891. The maximum atomic E-state index is 12.8. The van der Waals surface area contributed by atoms with Crippen LogP contribution in [-0.2, 0) is 9.59 Å². The zero-order valence-electron chi connectivity index (χ0n) is 15.1. The van der Waals surface area contributed by atoms with Gasteiger partial charge in [0.2, 0.25) is 0 Å². The summed E-state index contributed by atoms with van der Waals surface area (Å²) in [4.78, 5) is 33.6. The Morgan fingerprint density at radius 3 is 2.68 bits per heavy atom. The molecule has 3 N–H and O–H groups in total. The summed E-state index contributed by atoms with van der Waals surface area (Å²) >= 11 is 0. The van der Waals surface area contributed by atoms with Crippen molar-refractivity contribution in [2.75, 3.05) is 12.0 Å². The van der Waals surface area contributed by atoms with Crippen molar-refractivity contribution in [1.29, 1.82) is 0 Å². The van der Waals surface area contributed by atoms with E-state index in [-0.39, 0.29) is 17.1 Å². The highest BCUT2D eigenvalue weighted by Crippen LogP contribution is 2.43. The molecule has 1 aliphatic rings. The van der Waals surface area contributed by atoms with Crippen molar-refractivity contribution in [2.24, 2.45) is 0 Å². The molecule has 1 atom stereocenters. The van der Waals surface area contributed by atoms with Crippen LogP contribution >= 0.6 is 0 Å². The predicted octanol–water partition coefficient (Wildman–Crippen LogP) is 2.77. The van der Waals surface area contributed by atoms with Crippen LogP contribution in [0.2, 0.25) is 0 Å². The number of anilines is 1. The molecule has 0 saturated carbocycles. The fraction of sp³-hybridized carbons (Fsp3) is 0.150. The molecule has 4 rings (SSSR count). The van der Waals surface area contributed by atoms with E-state index in [1.165, 1.54) is 37.4 Å². The second-order valence-electron chi connectivity index (χ2n) is 6.43. The Bertz CT molecular complexity index is 1150. The molecule has 1 aromatic heterocycles. The molecular formula is C20H17N3O5. The number of phenols is 1. The van der Waals surface area contributed by atoms with Gasteiger partial charge in [-0.15, -0.1) is 0 Å². The number of aromatic amines is 1. The van der Waals surface area contributed by atoms with E-state index in [4.69, 9.17) is 4.74 Å². The molecule has 0 saturated heterocycles. The molecular weight excluding hydrogens is 362 g/mol. The summed E-state index contributed by atoms with van der Waals surface area (Å²) in [7, 11) is 1.42. The van der Waals surface area contributed by atoms with E-state index in [1.807, 2.05) is 0 Å². The SMILES string of the molecule is COc1ccc(C2C(C(C)=O)=C(O)C(=O)N2c2ccc3[nH]cnc3c2)cc1O. The topological polar surface area (TPSA) is 116 Å². The molecule has 1 amide bonds. The van der Waals surface area contributed by atoms with Crippen molar-refractivity contribution in [1.82, 2.24) is 9.97 Å². The number of nitrogens with one attached hydrogen (secondary N) is 1. The number of fused-ring (bicyclic) bond motifs is 1. The van der Waals surface area contributed by atoms with Crippen LogP contribution in [0, 0.1) is 0 Å². The highest BCUT2D eigenvalue weighted by Gasteiger charge is 2.43. The number of methoxy groups -OCH3 is 1. The quantitative estimate of drug-likeness (QED) is 0.642. The maximum absolute atomic E-state index is 12.8. The lowest BCUT2D eigenvalue weighted by atomic mass is 9.96. The number of nitrogens with zero attached hydrogens (tertiary/aromatic N) is 2. The minimum absolute atomic E-state index is 0.0308. The number of ether oxygens (including phenoxy) is 1. The van der Waals surface area contributed by atoms with E-state index in [1.54, 1.807) is 24.3 Å². The highest BCUT2D eigenvalue weighted by molar-refractivity contribution is 6.16. The normalized spacial score (nSPS) is 16.9. The summed E-state index contributed by atoms with van der Waals surface area (Å²) in [5, 5.41) is 20.6. The number of Topliss-reactive ketones (excluding diaryl/α,β-unsaturated/α-hetero) is 1. The first-order valence-corrected chi connectivity index (χ1v) is 8.50. The molecule has 3 aromatic rings. The predicted molar refractivity (Wildman–Crippen MR) is 101 cm³/mol. The zero-order chi connectivity index (χ0) is 20.0. The zero-order valence-corrected chi connectivity index (χ0v) is 15.1. The van der Waals surface area contributed by atoms with Gasteiger partial charge >= 0.3 is 0 Å². The molecule has 8 heteroatoms. The fourth-order valence-electron chi connectivity index (χ4n) is 3.49. The van der Waals surface area contributed by atoms with Crippen molar-refractivity contribution in [3.05, 3.63) is 59.6 Å². The molecule has 142 valence electrons. The van der Waals surface area contributed by atoms with Gasteiger partial charge in [-0.25, -0.2) is 4.98 Å². The van der Waals surface area contributed by atoms with Gasteiger partial charge in [-0.1, -0.05) is 6.07 Å². The van der Waals surface area contributed by atoms with Crippen molar-refractivity contribution >= 4 is 28.4 Å². The van der Waals surface area contributed by atoms with Crippen molar-refractivity contribution in [3.8, 4) is 11.5 Å². The molecule has 0 spiro atoms. The average Bonchev–Trinajstić information content (AvgIpc) is 3.24. The number of aliphatic hydroxyl groups excluding tert-OH is 1. The molecule has 0 aliphatic carbocycles. The molecule has 8 nitrogen and oxygen atoms in total. The van der Waals surface area contributed by atoms with E-state index in [2.05, 4.69) is 9.97 Å². The standard InChI is InChI=1S/C20H17N3O5/c1-10(24)17-18(11-3-6-16(28-2)15(25)7-11)23(20(27)19(17)26)12-4-5-13-14(8-12)22-9-21-13/h3-9,18,25-26H,1-2H3,(H,21,22). The van der Waals surface area contributed by atoms with Gasteiger partial charge in [0.05, 0.1) is 36.1 Å². The van der Waals surface area contributed by atoms with Gasteiger partial charge in [-0.3, -0.25) is 14.5 Å². The minimum Gasteiger partial charge on any atom is -0.504 e. The number of carbonyl (C=O) groups is 2. The lowest BCUT2D eigenvalue weighted by molar-refractivity contribution is -0.117. The first kappa shape index (κ1) is 17.6. The highest BCUT2D eigenvalue weighted by atomic mass is 16.5. The van der Waals surface area contributed by atoms with Crippen LogP contribution in [0.25, 0.3) is 11.0 Å². The van der Waals surface area contributed by atoms with Crippen molar-refractivity contribution in [3.63, 3.8) is 0 Å². The van der Waals surface area contributed by atoms with Crippen LogP contribution in [0.5, 0.6) is 11.5 Å². The third kappa shape index (κ3) is 2.58. The summed E-state index contributed by atoms with van der Waals surface area (Å²) in [5.41, 5.74) is 2.32. The van der Waals surface area contributed by atoms with Gasteiger partial charge in [0.15, 0.2) is 23.0 Å². The fourth-order valence-corrected chi connectivity index (χ4v) is 3.49. The number of imidazole rings is 1. The Kier molecular flexibility index (Phi) is 4.03. The lowest BCUT2D eigenvalue weighted by Gasteiger charge is -2.27. The summed E-state index contributed by atoms with van der Waals surface area (Å²) in [6, 6.07) is 8.85. The van der Waals surface area contributed by atoms with Gasteiger partial charge in [0.1, 0.15) is 0 Å². The third-order valence-electron chi connectivity index (χ3n) is 4.79. The number of phenolic OH excluding ortho intramolecular Hbond substituents is 1. The molecule has 28 heavy (non-hydrogen) atoms. The molecule has 0 radical (unpaired) electrons. The third-order valence-corrected chi connectivity index (χ3v) is 4.79. The summed E-state index contributed by atoms with van der Waals surface area (Å²) < 4.78 is 5.06. The number of hydrogen-bond acceptors (Lipinski definition) is 6. The smallest absolute Gasteiger partial charge is 0.294 e. The first-order valence-electron chi connectivity index (χ1n) is 8.50. The molecule has 0 bridgehead atoms. The number of H-pyrrole nitrogens is 1. The molecule has 1 aliphatic heterocycles. The number of aliphatic hydroxyl groups is 1. The van der Waals surface area contributed by atoms with Crippen LogP contribution in [-0.4, -0.2) is 39.0 Å². The molecule has 2 heterocycles. The molecule has 1 unspecified atom stereocenters. The summed E-state index contributed by atoms with van der Waals surface area (Å²) in [6.07, 6.45) is 1.54. The van der Waals surface area contributed by atoms with Gasteiger partial charge in [0.25, 0.3) is 5.91 Å². The Morgan fingerprint density at radius 2 is 2.00 bits per heavy atom. The van der Waals surface area contributed by atoms with Crippen molar-refractivity contribution in [2.45, 2.75) is 13.0 Å². The second-order valence-corrected chi connectivity index (χ2v) is 6.43. The van der Waals surface area contributed by atoms with Crippen LogP contribution in [0.15, 0.2) is 54.1 Å². The lowest BCUT2D eigenvalue weighted by Crippen LogP contribution is -2.30. The number of ketones is 1. The van der Waals surface area contributed by atoms with Gasteiger partial charge in [-0.2, -0.15) is 0 Å². The largest absolute Gasteiger partial charge is 0.504 e. The number of aromatic nitrogens is 2. The maximum Gasteiger partial charge on any atom is 0.294 e. The Balaban J connectivity index is 1.89. The number of aromatic hydroxyl groups is 1. The molecule has 0 fully saturated rings. The van der Waals surface area contributed by atoms with E-state index < -0.39 is 23.5 Å². The Hall–Kier alpha value is -3.81. The second kappa shape index (κ2) is 6.41. The van der Waals surface area contributed by atoms with Crippen LogP contribution in [0.3, 0.4) is 0 Å². The number of benzene rings is 2. The summed E-state index contributed by atoms with van der Waals surface area (Å²) in [5.74, 6) is -1.61. The van der Waals surface area contributed by atoms with Crippen LogP contribution < -0.4 is 9.64 Å². The number of amides is 1. The Morgan fingerprint density at radius 1 is 1.21 bits per heavy atom. The monoisotopic (exact) mass is 379 g/mol. The van der Waals surface area contributed by atoms with E-state index in [0.717, 1.165) is 5.52 Å². The van der Waals surface area contributed by atoms with Crippen molar-refractivity contribution < 1.29 is 24.5 Å². The summed E-state index contributed by atoms with van der Waals surface area (Å²) in [6.45, 7) is 1.29. The Labute approximate surface area is 159 Å². The molecule has 2 aromatic carbocycles. The number of rotatable bonds is 4. The van der Waals surface area contributed by atoms with Gasteiger partial charge in [-0.05, 0) is 42.8 Å². The first-order chi connectivity index (χ1) is 13.4. The van der Waals surface area contributed by atoms with Gasteiger partial charge < -0.3 is 19.9 Å². The van der Waals surface area contributed by atoms with E-state index in [9.17, 15) is 19.8 Å². The van der Waals surface area contributed by atoms with Crippen LogP contribution in [0.4, 0.5) is 5.69 Å². The average molecular weight is 379 g/mol. The van der Waals surface area contributed by atoms with E-state index >= 15 is 0 Å². The van der Waals surface area contributed by atoms with E-state index in [0.29, 0.717) is 16.8 Å². The van der Waals surface area contributed by atoms with Gasteiger partial charge in [0, 0.05) is 5.69 Å². The number of carbonyl (C=O) groups excluding carboxylic acids is 2. The van der Waals surface area contributed by atoms with Crippen LogP contribution in [0.1, 0.15) is 18.5 Å². The number of hydrogen-bond donors (Lipinski definition) is 3.